The van der Waals surface area contributed by atoms with Gasteiger partial charge in [0.05, 0.1) is 10.8 Å². The summed E-state index contributed by atoms with van der Waals surface area (Å²) in [5, 5.41) is 14.1. The van der Waals surface area contributed by atoms with Crippen molar-refractivity contribution in [2.45, 2.75) is 10.9 Å². The van der Waals surface area contributed by atoms with Crippen LogP contribution in [-0.4, -0.2) is 22.7 Å². The summed E-state index contributed by atoms with van der Waals surface area (Å²) in [6.07, 6.45) is 0. The van der Waals surface area contributed by atoms with E-state index in [9.17, 15) is 14.7 Å². The normalized spacial score (nSPS) is 11.9. The molecular weight excluding hydrogens is 330 g/mol. The Bertz CT molecular complexity index is 631. The zero-order valence-corrected chi connectivity index (χ0v) is 13.2. The first-order chi connectivity index (χ1) is 10.1. The zero-order valence-electron chi connectivity index (χ0n) is 10.8. The Kier molecular flexibility index (Phi) is 5.67. The van der Waals surface area contributed by atoms with Gasteiger partial charge in [0.2, 0.25) is 5.91 Å². The highest BCUT2D eigenvalue weighted by Gasteiger charge is 2.22. The molecule has 2 N–H and O–H groups in total. The number of thioether (sulfide) groups is 1. The van der Waals surface area contributed by atoms with Gasteiger partial charge in [0.25, 0.3) is 0 Å². The second kappa shape index (κ2) is 7.49. The molecule has 0 aliphatic heterocycles. The first kappa shape index (κ1) is 15.9. The van der Waals surface area contributed by atoms with Crippen molar-refractivity contribution in [3.8, 4) is 0 Å². The Morgan fingerprint density at radius 2 is 2.05 bits per heavy atom. The number of benzene rings is 1. The molecule has 110 valence electrons. The fraction of sp³-hybridized carbons (Fsp3) is 0.143. The maximum absolute atomic E-state index is 11.9. The molecule has 0 aliphatic carbocycles. The maximum Gasteiger partial charge on any atom is 0.331 e. The summed E-state index contributed by atoms with van der Waals surface area (Å²) in [5.41, 5.74) is 0. The molecule has 0 saturated heterocycles. The molecule has 1 unspecified atom stereocenters. The number of thiophene rings is 1. The van der Waals surface area contributed by atoms with Crippen LogP contribution in [-0.2, 0) is 9.59 Å². The van der Waals surface area contributed by atoms with Crippen molar-refractivity contribution in [2.24, 2.45) is 0 Å². The number of hydrogen-bond acceptors (Lipinski definition) is 4. The second-order valence-corrected chi connectivity index (χ2v) is 6.48. The van der Waals surface area contributed by atoms with Gasteiger partial charge in [-0.25, -0.2) is 4.79 Å². The van der Waals surface area contributed by atoms with Crippen LogP contribution in [0.25, 0.3) is 0 Å². The van der Waals surface area contributed by atoms with Crippen molar-refractivity contribution < 1.29 is 14.7 Å². The Morgan fingerprint density at radius 1 is 1.29 bits per heavy atom. The second-order valence-electron chi connectivity index (χ2n) is 4.07. The molecule has 0 aliphatic rings. The SMILES string of the molecule is O=C(CSc1ccccc1Cl)NC(C(=O)O)c1cccs1. The first-order valence-corrected chi connectivity index (χ1v) is 8.25. The molecule has 7 heteroatoms. The van der Waals surface area contributed by atoms with E-state index in [1.165, 1.54) is 23.1 Å². The van der Waals surface area contributed by atoms with Crippen LogP contribution >= 0.6 is 34.7 Å². The molecule has 1 aromatic heterocycles. The quantitative estimate of drug-likeness (QED) is 0.790. The minimum Gasteiger partial charge on any atom is -0.479 e. The van der Waals surface area contributed by atoms with Crippen LogP contribution in [0.5, 0.6) is 0 Å². The highest BCUT2D eigenvalue weighted by molar-refractivity contribution is 8.00. The lowest BCUT2D eigenvalue weighted by atomic mass is 10.2. The number of carboxylic acids is 1. The van der Waals surface area contributed by atoms with Gasteiger partial charge >= 0.3 is 5.97 Å². The van der Waals surface area contributed by atoms with Crippen LogP contribution in [0.2, 0.25) is 5.02 Å². The summed E-state index contributed by atoms with van der Waals surface area (Å²) in [6, 6.07) is 9.62. The number of nitrogens with one attached hydrogen (secondary N) is 1. The fourth-order valence-corrected chi connectivity index (χ4v) is 3.44. The summed E-state index contributed by atoms with van der Waals surface area (Å²) < 4.78 is 0. The largest absolute Gasteiger partial charge is 0.479 e. The Hall–Kier alpha value is -1.50. The summed E-state index contributed by atoms with van der Waals surface area (Å²) in [7, 11) is 0. The van der Waals surface area contributed by atoms with Crippen molar-refractivity contribution in [2.75, 3.05) is 5.75 Å². The van der Waals surface area contributed by atoms with Crippen molar-refractivity contribution in [1.82, 2.24) is 5.32 Å². The van der Waals surface area contributed by atoms with Crippen LogP contribution in [0.3, 0.4) is 0 Å². The fourth-order valence-electron chi connectivity index (χ4n) is 1.62. The zero-order chi connectivity index (χ0) is 15.2. The van der Waals surface area contributed by atoms with E-state index in [1.54, 1.807) is 23.6 Å². The molecule has 0 saturated carbocycles. The molecular formula is C14H12ClNO3S2. The van der Waals surface area contributed by atoms with Gasteiger partial charge in [0, 0.05) is 9.77 Å². The highest BCUT2D eigenvalue weighted by Crippen LogP contribution is 2.26. The summed E-state index contributed by atoms with van der Waals surface area (Å²) >= 11 is 8.57. The number of carbonyl (C=O) groups excluding carboxylic acids is 1. The lowest BCUT2D eigenvalue weighted by Crippen LogP contribution is -2.34. The minimum absolute atomic E-state index is 0.110. The predicted molar refractivity (Wildman–Crippen MR) is 85.0 cm³/mol. The average molecular weight is 342 g/mol. The third-order valence-electron chi connectivity index (χ3n) is 2.58. The molecule has 1 aromatic carbocycles. The molecule has 4 nitrogen and oxygen atoms in total. The number of aliphatic carboxylic acids is 1. The van der Waals surface area contributed by atoms with E-state index in [4.69, 9.17) is 11.6 Å². The number of amides is 1. The van der Waals surface area contributed by atoms with E-state index in [0.717, 1.165) is 4.90 Å². The van der Waals surface area contributed by atoms with Crippen molar-refractivity contribution in [1.29, 1.82) is 0 Å². The monoisotopic (exact) mass is 341 g/mol. The minimum atomic E-state index is -1.08. The lowest BCUT2D eigenvalue weighted by Gasteiger charge is -2.13. The van der Waals surface area contributed by atoms with Gasteiger partial charge in [0.15, 0.2) is 6.04 Å². The molecule has 21 heavy (non-hydrogen) atoms. The van der Waals surface area contributed by atoms with Gasteiger partial charge in [-0.2, -0.15) is 0 Å². The van der Waals surface area contributed by atoms with Crippen LogP contribution in [0.1, 0.15) is 10.9 Å². The predicted octanol–water partition coefficient (Wildman–Crippen LogP) is 3.44. The van der Waals surface area contributed by atoms with E-state index in [1.807, 2.05) is 18.2 Å². The Morgan fingerprint density at radius 3 is 2.67 bits per heavy atom. The van der Waals surface area contributed by atoms with E-state index in [-0.39, 0.29) is 11.7 Å². The number of hydrogen-bond donors (Lipinski definition) is 2. The van der Waals surface area contributed by atoms with Crippen LogP contribution in [0, 0.1) is 0 Å². The third kappa shape index (κ3) is 4.49. The smallest absolute Gasteiger partial charge is 0.331 e. The van der Waals surface area contributed by atoms with Crippen molar-refractivity contribution in [3.05, 3.63) is 51.7 Å². The average Bonchev–Trinajstić information content (AvgIpc) is 2.97. The van der Waals surface area contributed by atoms with Gasteiger partial charge in [-0.1, -0.05) is 29.8 Å². The highest BCUT2D eigenvalue weighted by atomic mass is 35.5. The molecule has 1 amide bonds. The van der Waals surface area contributed by atoms with Gasteiger partial charge in [0.1, 0.15) is 0 Å². The van der Waals surface area contributed by atoms with Crippen molar-refractivity contribution in [3.63, 3.8) is 0 Å². The van der Waals surface area contributed by atoms with Gasteiger partial charge in [-0.3, -0.25) is 4.79 Å². The maximum atomic E-state index is 11.9. The summed E-state index contributed by atoms with van der Waals surface area (Å²) in [4.78, 5) is 24.5. The summed E-state index contributed by atoms with van der Waals surface area (Å²) in [6.45, 7) is 0. The van der Waals surface area contributed by atoms with Crippen LogP contribution in [0.15, 0.2) is 46.7 Å². The van der Waals surface area contributed by atoms with Gasteiger partial charge in [-0.15, -0.1) is 23.1 Å². The van der Waals surface area contributed by atoms with E-state index in [2.05, 4.69) is 5.32 Å². The standard InChI is InChI=1S/C14H12ClNO3S2/c15-9-4-1-2-5-10(9)21-8-12(17)16-13(14(18)19)11-6-3-7-20-11/h1-7,13H,8H2,(H,16,17)(H,18,19). The van der Waals surface area contributed by atoms with E-state index < -0.39 is 12.0 Å². The molecule has 0 fully saturated rings. The van der Waals surface area contributed by atoms with Crippen LogP contribution in [0.4, 0.5) is 0 Å². The topological polar surface area (TPSA) is 66.4 Å². The molecule has 2 aromatic rings. The number of carbonyl (C=O) groups is 2. The van der Waals surface area contributed by atoms with E-state index >= 15 is 0 Å². The lowest BCUT2D eigenvalue weighted by molar-refractivity contribution is -0.141. The Labute approximate surface area is 135 Å². The molecule has 0 spiro atoms. The van der Waals surface area contributed by atoms with Crippen LogP contribution < -0.4 is 5.32 Å². The van der Waals surface area contributed by atoms with Crippen molar-refractivity contribution >= 4 is 46.6 Å². The summed E-state index contributed by atoms with van der Waals surface area (Å²) in [5.74, 6) is -1.31. The number of halogens is 1. The Balaban J connectivity index is 1.94. The first-order valence-electron chi connectivity index (χ1n) is 6.01. The molecule has 1 atom stereocenters. The molecule has 0 radical (unpaired) electrons. The van der Waals surface area contributed by atoms with Gasteiger partial charge < -0.3 is 10.4 Å². The third-order valence-corrected chi connectivity index (χ3v) is 5.03. The number of carboxylic acid groups (broad SMARTS) is 1. The van der Waals surface area contributed by atoms with E-state index in [0.29, 0.717) is 9.90 Å². The number of rotatable bonds is 6. The molecule has 1 heterocycles. The molecule has 0 bridgehead atoms. The molecule has 2 rings (SSSR count). The van der Waals surface area contributed by atoms with Gasteiger partial charge in [-0.05, 0) is 23.6 Å².